The van der Waals surface area contributed by atoms with Gasteiger partial charge in [0.2, 0.25) is 0 Å². The summed E-state index contributed by atoms with van der Waals surface area (Å²) < 4.78 is 1.94. The molecule has 22 heavy (non-hydrogen) atoms. The second kappa shape index (κ2) is 5.81. The van der Waals surface area contributed by atoms with Gasteiger partial charge in [0.25, 0.3) is 5.91 Å². The summed E-state index contributed by atoms with van der Waals surface area (Å²) in [5.74, 6) is 0.234. The van der Waals surface area contributed by atoms with E-state index < -0.39 is 0 Å². The van der Waals surface area contributed by atoms with Crippen molar-refractivity contribution in [1.29, 1.82) is 0 Å². The standard InChI is InChI=1S/C16H19N5O/c1-10(2)8-21-9-12(7-18-21)11-3-4-13-14(5-11)15(6-17)19-20-16(13)22/h3-5,7,9-10,15H,6,8,17H2,1-2H3. The molecule has 0 saturated heterocycles. The fourth-order valence-electron chi connectivity index (χ4n) is 2.61. The lowest BCUT2D eigenvalue weighted by Crippen LogP contribution is -2.17. The zero-order chi connectivity index (χ0) is 15.7. The first-order chi connectivity index (χ1) is 10.6. The molecule has 6 heteroatoms. The largest absolute Gasteiger partial charge is 0.328 e. The van der Waals surface area contributed by atoms with Gasteiger partial charge in [0.05, 0.1) is 6.20 Å². The van der Waals surface area contributed by atoms with Crippen LogP contribution in [0.5, 0.6) is 0 Å². The predicted molar refractivity (Wildman–Crippen MR) is 83.5 cm³/mol. The molecular formula is C16H19N5O. The number of benzene rings is 1. The molecule has 2 aromatic rings. The fourth-order valence-corrected chi connectivity index (χ4v) is 2.61. The Morgan fingerprint density at radius 1 is 1.32 bits per heavy atom. The molecule has 1 unspecified atom stereocenters. The monoisotopic (exact) mass is 297 g/mol. The van der Waals surface area contributed by atoms with E-state index in [-0.39, 0.29) is 11.9 Å². The van der Waals surface area contributed by atoms with E-state index >= 15 is 0 Å². The highest BCUT2D eigenvalue weighted by Crippen LogP contribution is 2.31. The second-order valence-corrected chi connectivity index (χ2v) is 5.92. The molecule has 0 radical (unpaired) electrons. The topological polar surface area (TPSA) is 85.6 Å². The van der Waals surface area contributed by atoms with Crippen LogP contribution in [0.1, 0.15) is 35.8 Å². The Balaban J connectivity index is 1.97. The van der Waals surface area contributed by atoms with Crippen LogP contribution in [0.3, 0.4) is 0 Å². The van der Waals surface area contributed by atoms with E-state index in [1.54, 1.807) is 6.07 Å². The summed E-state index contributed by atoms with van der Waals surface area (Å²) in [5.41, 5.74) is 9.19. The van der Waals surface area contributed by atoms with Crippen LogP contribution in [0.4, 0.5) is 0 Å². The van der Waals surface area contributed by atoms with Crippen molar-refractivity contribution in [2.75, 3.05) is 6.54 Å². The SMILES string of the molecule is CC(C)Cn1cc(-c2ccc3c(c2)C(CN)N=NC3=O)cn1. The van der Waals surface area contributed by atoms with Gasteiger partial charge in [0.15, 0.2) is 0 Å². The van der Waals surface area contributed by atoms with Crippen molar-refractivity contribution < 1.29 is 4.79 Å². The molecule has 0 aliphatic carbocycles. The summed E-state index contributed by atoms with van der Waals surface area (Å²) in [7, 11) is 0. The quantitative estimate of drug-likeness (QED) is 0.941. The number of azo groups is 1. The van der Waals surface area contributed by atoms with Crippen LogP contribution in [-0.2, 0) is 6.54 Å². The van der Waals surface area contributed by atoms with Gasteiger partial charge in [-0.3, -0.25) is 9.48 Å². The van der Waals surface area contributed by atoms with Crippen LogP contribution in [0.2, 0.25) is 0 Å². The molecule has 0 bridgehead atoms. The summed E-state index contributed by atoms with van der Waals surface area (Å²) in [6.07, 6.45) is 3.86. The third-order valence-corrected chi connectivity index (χ3v) is 3.67. The third kappa shape index (κ3) is 2.69. The zero-order valence-corrected chi connectivity index (χ0v) is 12.7. The maximum Gasteiger partial charge on any atom is 0.295 e. The van der Waals surface area contributed by atoms with Crippen LogP contribution in [0, 0.1) is 5.92 Å². The van der Waals surface area contributed by atoms with Crippen LogP contribution in [0.25, 0.3) is 11.1 Å². The first kappa shape index (κ1) is 14.6. The molecule has 1 aromatic carbocycles. The van der Waals surface area contributed by atoms with E-state index in [1.807, 2.05) is 29.2 Å². The van der Waals surface area contributed by atoms with Gasteiger partial charge in [-0.15, -0.1) is 5.11 Å². The first-order valence-electron chi connectivity index (χ1n) is 7.40. The number of amides is 1. The predicted octanol–water partition coefficient (Wildman–Crippen LogP) is 2.81. The van der Waals surface area contributed by atoms with Gasteiger partial charge in [-0.05, 0) is 29.2 Å². The Morgan fingerprint density at radius 2 is 2.14 bits per heavy atom. The average Bonchev–Trinajstić information content (AvgIpc) is 2.95. The number of aromatic nitrogens is 2. The highest BCUT2D eigenvalue weighted by atomic mass is 16.1. The van der Waals surface area contributed by atoms with Crippen LogP contribution in [-0.4, -0.2) is 22.2 Å². The Kier molecular flexibility index (Phi) is 3.85. The molecule has 114 valence electrons. The summed E-state index contributed by atoms with van der Waals surface area (Å²) in [4.78, 5) is 11.8. The average molecular weight is 297 g/mol. The molecule has 0 saturated carbocycles. The van der Waals surface area contributed by atoms with Gasteiger partial charge in [0.1, 0.15) is 6.04 Å². The van der Waals surface area contributed by atoms with Crippen molar-refractivity contribution in [2.45, 2.75) is 26.4 Å². The van der Waals surface area contributed by atoms with Crippen molar-refractivity contribution in [3.63, 3.8) is 0 Å². The lowest BCUT2D eigenvalue weighted by molar-refractivity contribution is 0.0985. The van der Waals surface area contributed by atoms with E-state index in [0.29, 0.717) is 18.0 Å². The normalized spacial score (nSPS) is 17.1. The molecule has 1 aliphatic heterocycles. The van der Waals surface area contributed by atoms with Crippen molar-refractivity contribution in [3.05, 3.63) is 41.7 Å². The van der Waals surface area contributed by atoms with Crippen molar-refractivity contribution in [1.82, 2.24) is 9.78 Å². The first-order valence-corrected chi connectivity index (χ1v) is 7.40. The minimum Gasteiger partial charge on any atom is -0.328 e. The van der Waals surface area contributed by atoms with Gasteiger partial charge >= 0.3 is 0 Å². The van der Waals surface area contributed by atoms with Gasteiger partial charge in [-0.25, -0.2) is 0 Å². The van der Waals surface area contributed by atoms with Crippen molar-refractivity contribution in [3.8, 4) is 11.1 Å². The van der Waals surface area contributed by atoms with Gasteiger partial charge in [-0.2, -0.15) is 10.2 Å². The molecule has 3 rings (SSSR count). The molecule has 2 heterocycles. The molecule has 0 spiro atoms. The summed E-state index contributed by atoms with van der Waals surface area (Å²) in [6, 6.07) is 5.44. The third-order valence-electron chi connectivity index (χ3n) is 3.67. The Bertz CT molecular complexity index is 732. The van der Waals surface area contributed by atoms with E-state index in [0.717, 1.165) is 23.2 Å². The van der Waals surface area contributed by atoms with E-state index in [9.17, 15) is 4.79 Å². The molecule has 1 atom stereocenters. The number of fused-ring (bicyclic) bond motifs is 1. The lowest BCUT2D eigenvalue weighted by atomic mass is 9.95. The number of hydrogen-bond donors (Lipinski definition) is 1. The summed E-state index contributed by atoms with van der Waals surface area (Å²) in [6.45, 7) is 5.52. The minimum absolute atomic E-state index is 0.252. The number of rotatable bonds is 4. The minimum atomic E-state index is -0.304. The second-order valence-electron chi connectivity index (χ2n) is 5.92. The number of nitrogens with two attached hydrogens (primary N) is 1. The Morgan fingerprint density at radius 3 is 2.86 bits per heavy atom. The number of carbonyl (C=O) groups excluding carboxylic acids is 1. The van der Waals surface area contributed by atoms with Crippen LogP contribution >= 0.6 is 0 Å². The molecule has 1 aromatic heterocycles. The number of nitrogens with zero attached hydrogens (tertiary/aromatic N) is 4. The number of hydrogen-bond acceptors (Lipinski definition) is 4. The van der Waals surface area contributed by atoms with E-state index in [1.165, 1.54) is 0 Å². The van der Waals surface area contributed by atoms with E-state index in [2.05, 4.69) is 29.2 Å². The summed E-state index contributed by atoms with van der Waals surface area (Å²) in [5, 5.41) is 12.0. The maximum absolute atomic E-state index is 11.8. The fraction of sp³-hybridized carbons (Fsp3) is 0.375. The van der Waals surface area contributed by atoms with Gasteiger partial charge in [0, 0.05) is 30.4 Å². The van der Waals surface area contributed by atoms with E-state index in [4.69, 9.17) is 5.73 Å². The Hall–Kier alpha value is -2.34. The highest BCUT2D eigenvalue weighted by molar-refractivity contribution is 5.97. The van der Waals surface area contributed by atoms with Crippen molar-refractivity contribution in [2.24, 2.45) is 21.9 Å². The highest BCUT2D eigenvalue weighted by Gasteiger charge is 2.23. The zero-order valence-electron chi connectivity index (χ0n) is 12.7. The van der Waals surface area contributed by atoms with Crippen molar-refractivity contribution >= 4 is 5.91 Å². The molecule has 1 amide bonds. The maximum atomic E-state index is 11.8. The summed E-state index contributed by atoms with van der Waals surface area (Å²) >= 11 is 0. The molecule has 0 fully saturated rings. The molecule has 2 N–H and O–H groups in total. The number of carbonyl (C=O) groups is 1. The van der Waals surface area contributed by atoms with Gasteiger partial charge < -0.3 is 5.73 Å². The Labute approximate surface area is 129 Å². The van der Waals surface area contributed by atoms with Crippen LogP contribution < -0.4 is 5.73 Å². The molecule has 1 aliphatic rings. The van der Waals surface area contributed by atoms with Gasteiger partial charge in [-0.1, -0.05) is 19.9 Å². The smallest absolute Gasteiger partial charge is 0.295 e. The molecular weight excluding hydrogens is 278 g/mol. The molecule has 6 nitrogen and oxygen atoms in total. The lowest BCUT2D eigenvalue weighted by Gasteiger charge is -2.17. The van der Waals surface area contributed by atoms with Crippen LogP contribution in [0.15, 0.2) is 40.8 Å².